The van der Waals surface area contributed by atoms with Crippen molar-refractivity contribution in [2.75, 3.05) is 6.54 Å². The molecule has 0 aromatic carbocycles. The van der Waals surface area contributed by atoms with Crippen LogP contribution in [0.5, 0.6) is 0 Å². The third-order valence-corrected chi connectivity index (χ3v) is 9.10. The average Bonchev–Trinajstić information content (AvgIpc) is 3.08. The molecule has 6 atom stereocenters. The molecule has 6 N–H and O–H groups in total. The van der Waals surface area contributed by atoms with E-state index in [4.69, 9.17) is 20.0 Å². The zero-order chi connectivity index (χ0) is 19.2. The van der Waals surface area contributed by atoms with E-state index in [-0.39, 0.29) is 25.9 Å². The average molecular weight is 409 g/mol. The first-order valence-electron chi connectivity index (χ1n) is 7.83. The minimum absolute atomic E-state index is 0.241. The first-order chi connectivity index (χ1) is 12.2. The number of hydrogen-bond acceptors (Lipinski definition) is 10. The van der Waals surface area contributed by atoms with Crippen LogP contribution >= 0.6 is 16.5 Å². The Morgan fingerprint density at radius 2 is 2.23 bits per heavy atom. The van der Waals surface area contributed by atoms with E-state index in [2.05, 4.69) is 4.98 Å². The van der Waals surface area contributed by atoms with E-state index >= 15 is 0 Å². The van der Waals surface area contributed by atoms with Gasteiger partial charge in [-0.05, 0) is 19.8 Å². The largest absolute Gasteiger partial charge is 0.373 e. The number of hydrogen-bond donors (Lipinski definition) is 5. The monoisotopic (exact) mass is 409 g/mol. The highest BCUT2D eigenvalue weighted by atomic mass is 31.2. The van der Waals surface area contributed by atoms with Crippen LogP contribution in [0.1, 0.15) is 19.8 Å². The molecule has 11 nitrogen and oxygen atoms in total. The molecule has 1 aliphatic heterocycles. The minimum Gasteiger partial charge on any atom is -0.373 e. The van der Waals surface area contributed by atoms with Crippen molar-refractivity contribution in [3.05, 3.63) is 18.7 Å². The lowest BCUT2D eigenvalue weighted by atomic mass is 9.71. The van der Waals surface area contributed by atoms with Crippen LogP contribution in [-0.2, 0) is 25.6 Å². The summed E-state index contributed by atoms with van der Waals surface area (Å²) in [6.45, 7) is 0.657. The van der Waals surface area contributed by atoms with Crippen LogP contribution in [0, 0.1) is 0 Å². The van der Waals surface area contributed by atoms with E-state index in [1.54, 1.807) is 0 Å². The van der Waals surface area contributed by atoms with Gasteiger partial charge in [0.2, 0.25) is 14.0 Å². The lowest BCUT2D eigenvalue weighted by molar-refractivity contribution is -0.543. The van der Waals surface area contributed by atoms with Gasteiger partial charge in [0.15, 0.2) is 22.5 Å². The van der Waals surface area contributed by atoms with Crippen molar-refractivity contribution in [3.63, 3.8) is 0 Å². The van der Waals surface area contributed by atoms with E-state index in [1.807, 2.05) is 0 Å². The molecule has 1 saturated carbocycles. The van der Waals surface area contributed by atoms with Gasteiger partial charge in [0, 0.05) is 12.4 Å². The Morgan fingerprint density at radius 3 is 2.65 bits per heavy atom. The second-order valence-corrected chi connectivity index (χ2v) is 10.1. The molecule has 2 fully saturated rings. The normalized spacial score (nSPS) is 33.2. The predicted molar refractivity (Wildman–Crippen MR) is 89.1 cm³/mol. The lowest BCUT2D eigenvalue weighted by Crippen LogP contribution is -2.78. The number of rotatable bonds is 9. The smallest absolute Gasteiger partial charge is 0.213 e. The quantitative estimate of drug-likeness (QED) is 0.200. The molecule has 1 aromatic heterocycles. The third kappa shape index (κ3) is 2.84. The molecule has 146 valence electrons. The summed E-state index contributed by atoms with van der Waals surface area (Å²) in [4.78, 5) is 47.7. The zero-order valence-electron chi connectivity index (χ0n) is 13.9. The van der Waals surface area contributed by atoms with Gasteiger partial charge in [0.1, 0.15) is 8.15 Å². The van der Waals surface area contributed by atoms with E-state index in [9.17, 15) is 24.8 Å². The summed E-state index contributed by atoms with van der Waals surface area (Å²) in [5.74, 6) is -0.458. The maximum absolute atomic E-state index is 12.2. The molecule has 2 heterocycles. The summed E-state index contributed by atoms with van der Waals surface area (Å²) in [5.41, 5.74) is 3.99. The maximum atomic E-state index is 12.2. The molecule has 1 aromatic rings. The van der Waals surface area contributed by atoms with E-state index < -0.39 is 44.6 Å². The number of Topliss-reactive ketones (excluding diaryl/α,β-unsaturated/α-hetero) is 1. The summed E-state index contributed by atoms with van der Waals surface area (Å²) in [5, 5.41) is 16.9. The van der Waals surface area contributed by atoms with Crippen molar-refractivity contribution in [3.8, 4) is 0 Å². The van der Waals surface area contributed by atoms with Crippen molar-refractivity contribution < 1.29 is 39.1 Å². The van der Waals surface area contributed by atoms with Crippen LogP contribution < -0.4 is 5.73 Å². The van der Waals surface area contributed by atoms with Crippen molar-refractivity contribution in [2.45, 2.75) is 48.6 Å². The van der Waals surface area contributed by atoms with Gasteiger partial charge in [0.05, 0.1) is 19.4 Å². The topological polar surface area (TPSA) is 170 Å². The molecular formula is C13H21N3O8P2. The summed E-state index contributed by atoms with van der Waals surface area (Å²) in [7, 11) is -5.29. The highest BCUT2D eigenvalue weighted by Gasteiger charge is 2.81. The summed E-state index contributed by atoms with van der Waals surface area (Å²) in [6.07, 6.45) is 3.51. The number of aliphatic hydroxyl groups is 2. The Balaban J connectivity index is 1.92. The fraction of sp³-hybridized carbons (Fsp3) is 0.692. The summed E-state index contributed by atoms with van der Waals surface area (Å²) in [6, 6.07) is 0. The molecule has 0 amide bonds. The summed E-state index contributed by atoms with van der Waals surface area (Å²) >= 11 is 0. The van der Waals surface area contributed by atoms with Crippen LogP contribution in [0.4, 0.5) is 0 Å². The Morgan fingerprint density at radius 1 is 1.50 bits per heavy atom. The summed E-state index contributed by atoms with van der Waals surface area (Å²) < 4.78 is 6.40. The zero-order valence-corrected chi connectivity index (χ0v) is 15.7. The number of fused-ring (bicyclic) bond motifs is 1. The maximum Gasteiger partial charge on any atom is 0.213 e. The third-order valence-electron chi connectivity index (χ3n) is 4.60. The van der Waals surface area contributed by atoms with Gasteiger partial charge >= 0.3 is 0 Å². The number of nitrogens with zero attached hydrogens (tertiary/aromatic N) is 2. The number of imidazole rings is 1. The Labute approximate surface area is 151 Å². The molecule has 13 heteroatoms. The van der Waals surface area contributed by atoms with Crippen LogP contribution in [-0.4, -0.2) is 64.2 Å². The fourth-order valence-corrected chi connectivity index (χ4v) is 7.06. The van der Waals surface area contributed by atoms with Gasteiger partial charge in [0.25, 0.3) is 0 Å². The molecule has 0 spiro atoms. The standard InChI is InChI=1S/C13H21N3O8P2/c1-9(17)22-26(21)13(19,7-16-5-4-15-8-16)25(20)12-3-2-11(12,23-24-12)10(18)6-14/h4-5,8-9,17,19-21H,2-3,6-7,14H2,1H3/t9-,11?,12+,13?,25-,26+/m1/s1. The number of carbonyl (C=O) groups excluding carboxylic acids is 1. The predicted octanol–water partition coefficient (Wildman–Crippen LogP) is -0.704. The number of ketones is 1. The van der Waals surface area contributed by atoms with E-state index in [1.165, 1.54) is 30.2 Å². The lowest BCUT2D eigenvalue weighted by Gasteiger charge is -2.65. The van der Waals surface area contributed by atoms with Crippen molar-refractivity contribution in [1.82, 2.24) is 9.55 Å². The molecule has 26 heavy (non-hydrogen) atoms. The van der Waals surface area contributed by atoms with Gasteiger partial charge < -0.3 is 34.8 Å². The second-order valence-electron chi connectivity index (χ2n) is 6.20. The molecule has 1 saturated heterocycles. The Hall–Kier alpha value is -0.580. The van der Waals surface area contributed by atoms with Crippen molar-refractivity contribution >= 4 is 22.3 Å². The molecule has 2 unspecified atom stereocenters. The number of aliphatic hydroxyl groups excluding tert-OH is 1. The Bertz CT molecular complexity index is 652. The van der Waals surface area contributed by atoms with Crippen LogP contribution in [0.2, 0.25) is 0 Å². The van der Waals surface area contributed by atoms with E-state index in [0.29, 0.717) is 0 Å². The van der Waals surface area contributed by atoms with E-state index in [0.717, 1.165) is 0 Å². The molecule has 3 rings (SSSR count). The Kier molecular flexibility index (Phi) is 5.51. The SMILES string of the molecule is C[C@H](O)O[P@](O)C(O)(Cn1ccnc1)[P@](O)[C@@]12CCC1(C(=O)CN)OO2. The fourth-order valence-electron chi connectivity index (χ4n) is 3.12. The minimum atomic E-state index is -2.72. The number of nitrogens with two attached hydrogens (primary N) is 1. The number of carbonyl (C=O) groups is 1. The first-order valence-corrected chi connectivity index (χ1v) is 10.3. The second kappa shape index (κ2) is 7.10. The molecule has 0 radical (unpaired) electrons. The highest BCUT2D eigenvalue weighted by molar-refractivity contribution is 7.70. The molecule has 0 bridgehead atoms. The van der Waals surface area contributed by atoms with Crippen LogP contribution in [0.15, 0.2) is 18.7 Å². The van der Waals surface area contributed by atoms with Gasteiger partial charge in [-0.1, -0.05) is 0 Å². The van der Waals surface area contributed by atoms with Crippen LogP contribution in [0.25, 0.3) is 0 Å². The molecule has 2 aliphatic rings. The van der Waals surface area contributed by atoms with Crippen molar-refractivity contribution in [1.29, 1.82) is 0 Å². The van der Waals surface area contributed by atoms with Gasteiger partial charge in [-0.3, -0.25) is 4.79 Å². The molecular weight excluding hydrogens is 388 g/mol. The van der Waals surface area contributed by atoms with Gasteiger partial charge in [-0.25, -0.2) is 14.8 Å². The molecule has 1 aliphatic carbocycles. The first kappa shape index (κ1) is 20.2. The van der Waals surface area contributed by atoms with Gasteiger partial charge in [-0.2, -0.15) is 0 Å². The van der Waals surface area contributed by atoms with Gasteiger partial charge in [-0.15, -0.1) is 0 Å². The highest BCUT2D eigenvalue weighted by Crippen LogP contribution is 2.79. The van der Waals surface area contributed by atoms with Crippen LogP contribution in [0.3, 0.4) is 0 Å². The van der Waals surface area contributed by atoms with Crippen molar-refractivity contribution in [2.24, 2.45) is 5.73 Å². The number of aromatic nitrogens is 2.